The molecule has 4 rings (SSSR count). The first-order valence-corrected chi connectivity index (χ1v) is 10.1. The Labute approximate surface area is 179 Å². The van der Waals surface area contributed by atoms with Crippen molar-refractivity contribution in [2.75, 3.05) is 47.1 Å². The molecule has 4 N–H and O–H groups in total. The molecule has 0 unspecified atom stereocenters. The maximum Gasteiger partial charge on any atom is 0.242 e. The minimum atomic E-state index is -0.227. The van der Waals surface area contributed by atoms with Gasteiger partial charge < -0.3 is 15.5 Å². The van der Waals surface area contributed by atoms with Crippen LogP contribution in [-0.4, -0.2) is 42.1 Å². The number of para-hydroxylation sites is 1. The number of hydrazine groups is 1. The van der Waals surface area contributed by atoms with Crippen LogP contribution in [0.3, 0.4) is 0 Å². The van der Waals surface area contributed by atoms with Gasteiger partial charge in [-0.2, -0.15) is 0 Å². The minimum Gasteiger partial charge on any atom is -0.393 e. The van der Waals surface area contributed by atoms with Crippen LogP contribution in [0.1, 0.15) is 5.56 Å². The number of hydrogen-bond acceptors (Lipinski definition) is 7. The molecule has 1 aliphatic rings. The zero-order valence-electron chi connectivity index (χ0n) is 17.0. The van der Waals surface area contributed by atoms with Crippen molar-refractivity contribution in [3.05, 3.63) is 72.3 Å². The number of piperazine rings is 1. The number of anilines is 4. The Bertz CT molecular complexity index is 1040. The fourth-order valence-corrected chi connectivity index (χ4v) is 3.56. The number of nitrogens with one attached hydrogen (secondary N) is 2. The predicted octanol–water partition coefficient (Wildman–Crippen LogP) is 2.21. The summed E-state index contributed by atoms with van der Waals surface area (Å²) in [4.78, 5) is 24.7. The lowest BCUT2D eigenvalue weighted by Gasteiger charge is -2.37. The van der Waals surface area contributed by atoms with Crippen molar-refractivity contribution >= 4 is 28.9 Å². The zero-order chi connectivity index (χ0) is 21.6. The van der Waals surface area contributed by atoms with Crippen LogP contribution in [0.15, 0.2) is 60.9 Å². The number of hydrogen-bond donors (Lipinski definition) is 3. The lowest BCUT2D eigenvalue weighted by Crippen LogP contribution is -2.47. The number of nitrogens with zero attached hydrogens (tertiary/aromatic N) is 4. The molecule has 0 atom stereocenters. The van der Waals surface area contributed by atoms with E-state index in [1.807, 2.05) is 46.2 Å². The molecule has 2 aromatic carbocycles. The molecule has 9 heteroatoms. The number of carbonyl (C=O) groups excluding carboxylic acids is 1. The molecule has 1 fully saturated rings. The van der Waals surface area contributed by atoms with Gasteiger partial charge in [-0.3, -0.25) is 15.6 Å². The van der Waals surface area contributed by atoms with Gasteiger partial charge in [-0.25, -0.2) is 14.4 Å². The largest absolute Gasteiger partial charge is 0.393 e. The molecule has 0 radical (unpaired) electrons. The summed E-state index contributed by atoms with van der Waals surface area (Å²) < 4.78 is 14.1. The molecule has 31 heavy (non-hydrogen) atoms. The molecule has 0 bridgehead atoms. The third-order valence-corrected chi connectivity index (χ3v) is 5.16. The number of nitrogen functional groups attached to an aromatic ring is 1. The van der Waals surface area contributed by atoms with Gasteiger partial charge in [0.2, 0.25) is 5.91 Å². The van der Waals surface area contributed by atoms with Crippen molar-refractivity contribution in [2.24, 2.45) is 0 Å². The quantitative estimate of drug-likeness (QED) is 0.525. The van der Waals surface area contributed by atoms with Crippen LogP contribution in [0.2, 0.25) is 0 Å². The maximum absolute atomic E-state index is 14.1. The van der Waals surface area contributed by atoms with Gasteiger partial charge in [-0.05, 0) is 17.7 Å². The third kappa shape index (κ3) is 4.82. The summed E-state index contributed by atoms with van der Waals surface area (Å²) in [5, 5.41) is 0. The van der Waals surface area contributed by atoms with Gasteiger partial charge in [0.25, 0.3) is 0 Å². The Morgan fingerprint density at radius 3 is 2.39 bits per heavy atom. The lowest BCUT2D eigenvalue weighted by atomic mass is 10.1. The van der Waals surface area contributed by atoms with Crippen LogP contribution in [-0.2, 0) is 11.2 Å². The standard InChI is InChI=1S/C22H24FN7O/c23-17-8-4-5-9-18(17)29-10-12-30(13-11-29)22-20(24)21(25-15-26-22)28-27-19(31)14-16-6-2-1-3-7-16/h1-9,15H,10-14,24H2,(H,27,31)(H,25,26,28). The average molecular weight is 421 g/mol. The van der Waals surface area contributed by atoms with Crippen molar-refractivity contribution < 1.29 is 9.18 Å². The summed E-state index contributed by atoms with van der Waals surface area (Å²) >= 11 is 0. The van der Waals surface area contributed by atoms with E-state index < -0.39 is 0 Å². The lowest BCUT2D eigenvalue weighted by molar-refractivity contribution is -0.119. The van der Waals surface area contributed by atoms with E-state index >= 15 is 0 Å². The zero-order valence-corrected chi connectivity index (χ0v) is 17.0. The van der Waals surface area contributed by atoms with E-state index in [0.29, 0.717) is 49.2 Å². The number of carbonyl (C=O) groups is 1. The van der Waals surface area contributed by atoms with Crippen molar-refractivity contribution in [3.63, 3.8) is 0 Å². The van der Waals surface area contributed by atoms with E-state index in [1.54, 1.807) is 12.1 Å². The van der Waals surface area contributed by atoms with E-state index in [2.05, 4.69) is 20.8 Å². The Balaban J connectivity index is 1.37. The van der Waals surface area contributed by atoms with Gasteiger partial charge in [0, 0.05) is 26.2 Å². The second-order valence-electron chi connectivity index (χ2n) is 7.22. The highest BCUT2D eigenvalue weighted by Crippen LogP contribution is 2.28. The first kappa shape index (κ1) is 20.4. The van der Waals surface area contributed by atoms with E-state index in [4.69, 9.17) is 5.73 Å². The topological polar surface area (TPSA) is 99.4 Å². The molecule has 160 valence electrons. The Morgan fingerprint density at radius 1 is 0.968 bits per heavy atom. The summed E-state index contributed by atoms with van der Waals surface area (Å²) in [6.45, 7) is 2.55. The van der Waals surface area contributed by atoms with E-state index in [1.165, 1.54) is 12.4 Å². The fraction of sp³-hybridized carbons (Fsp3) is 0.227. The average Bonchev–Trinajstić information content (AvgIpc) is 2.80. The number of halogens is 1. The second kappa shape index (κ2) is 9.29. The highest BCUT2D eigenvalue weighted by Gasteiger charge is 2.23. The highest BCUT2D eigenvalue weighted by molar-refractivity contribution is 5.82. The summed E-state index contributed by atoms with van der Waals surface area (Å²) in [7, 11) is 0. The summed E-state index contributed by atoms with van der Waals surface area (Å²) in [6, 6.07) is 16.2. The second-order valence-corrected chi connectivity index (χ2v) is 7.22. The van der Waals surface area contributed by atoms with Gasteiger partial charge in [0.05, 0.1) is 12.1 Å². The smallest absolute Gasteiger partial charge is 0.242 e. The fourth-order valence-electron chi connectivity index (χ4n) is 3.56. The number of benzene rings is 2. The van der Waals surface area contributed by atoms with Crippen molar-refractivity contribution in [3.8, 4) is 0 Å². The molecular formula is C22H24FN7O. The first-order chi connectivity index (χ1) is 15.1. The molecule has 0 aliphatic carbocycles. The SMILES string of the molecule is Nc1c(NNC(=O)Cc2ccccc2)ncnc1N1CCN(c2ccccc2F)CC1. The van der Waals surface area contributed by atoms with Gasteiger partial charge >= 0.3 is 0 Å². The third-order valence-electron chi connectivity index (χ3n) is 5.16. The first-order valence-electron chi connectivity index (χ1n) is 10.1. The molecule has 1 aliphatic heterocycles. The van der Waals surface area contributed by atoms with Gasteiger partial charge in [0.1, 0.15) is 17.8 Å². The molecule has 2 heterocycles. The molecule has 1 saturated heterocycles. The number of nitrogens with two attached hydrogens (primary N) is 1. The van der Waals surface area contributed by atoms with Gasteiger partial charge in [-0.1, -0.05) is 42.5 Å². The van der Waals surface area contributed by atoms with Gasteiger partial charge in [0.15, 0.2) is 11.6 Å². The van der Waals surface area contributed by atoms with Crippen LogP contribution in [0.4, 0.5) is 27.4 Å². The van der Waals surface area contributed by atoms with E-state index in [9.17, 15) is 9.18 Å². The monoisotopic (exact) mass is 421 g/mol. The highest BCUT2D eigenvalue weighted by atomic mass is 19.1. The van der Waals surface area contributed by atoms with Crippen LogP contribution in [0, 0.1) is 5.82 Å². The summed E-state index contributed by atoms with van der Waals surface area (Å²) in [6.07, 6.45) is 1.64. The summed E-state index contributed by atoms with van der Waals surface area (Å²) in [5.41, 5.74) is 13.5. The van der Waals surface area contributed by atoms with Crippen LogP contribution in [0.5, 0.6) is 0 Å². The van der Waals surface area contributed by atoms with E-state index in [-0.39, 0.29) is 18.1 Å². The molecule has 0 spiro atoms. The maximum atomic E-state index is 14.1. The minimum absolute atomic E-state index is 0.204. The van der Waals surface area contributed by atoms with Crippen molar-refractivity contribution in [1.82, 2.24) is 15.4 Å². The molecule has 3 aromatic rings. The Morgan fingerprint density at radius 2 is 1.65 bits per heavy atom. The normalized spacial score (nSPS) is 13.7. The number of rotatable bonds is 6. The van der Waals surface area contributed by atoms with Crippen LogP contribution >= 0.6 is 0 Å². The Hall–Kier alpha value is -3.88. The number of amides is 1. The van der Waals surface area contributed by atoms with E-state index in [0.717, 1.165) is 5.56 Å². The van der Waals surface area contributed by atoms with Gasteiger partial charge in [-0.15, -0.1) is 0 Å². The predicted molar refractivity (Wildman–Crippen MR) is 119 cm³/mol. The molecule has 1 amide bonds. The molecule has 0 saturated carbocycles. The number of aromatic nitrogens is 2. The molecule has 1 aromatic heterocycles. The van der Waals surface area contributed by atoms with Crippen LogP contribution < -0.4 is 26.4 Å². The van der Waals surface area contributed by atoms with Crippen molar-refractivity contribution in [2.45, 2.75) is 6.42 Å². The molecular weight excluding hydrogens is 397 g/mol. The summed E-state index contributed by atoms with van der Waals surface area (Å²) in [5.74, 6) is 0.491. The Kier molecular flexibility index (Phi) is 6.11. The van der Waals surface area contributed by atoms with Crippen molar-refractivity contribution in [1.29, 1.82) is 0 Å². The van der Waals surface area contributed by atoms with Crippen LogP contribution in [0.25, 0.3) is 0 Å². The molecule has 8 nitrogen and oxygen atoms in total.